The summed E-state index contributed by atoms with van der Waals surface area (Å²) in [4.78, 5) is 0. The van der Waals surface area contributed by atoms with Gasteiger partial charge in [-0.15, -0.1) is 0 Å². The summed E-state index contributed by atoms with van der Waals surface area (Å²) in [5.74, 6) is 2.68. The summed E-state index contributed by atoms with van der Waals surface area (Å²) >= 11 is 3.47. The highest BCUT2D eigenvalue weighted by molar-refractivity contribution is 9.10. The quantitative estimate of drug-likeness (QED) is 0.692. The van der Waals surface area contributed by atoms with Crippen LogP contribution in [0.2, 0.25) is 0 Å². The van der Waals surface area contributed by atoms with E-state index < -0.39 is 0 Å². The van der Waals surface area contributed by atoms with Gasteiger partial charge >= 0.3 is 0 Å². The van der Waals surface area contributed by atoms with Crippen LogP contribution in [0, 0.1) is 17.3 Å². The van der Waals surface area contributed by atoms with E-state index in [9.17, 15) is 0 Å². The fourth-order valence-electron chi connectivity index (χ4n) is 3.60. The Hall–Kier alpha value is -0.760. The number of ether oxygens (including phenoxy) is 1. The Labute approximate surface area is 124 Å². The zero-order valence-corrected chi connectivity index (χ0v) is 13.2. The van der Waals surface area contributed by atoms with Gasteiger partial charge in [-0.05, 0) is 48.3 Å². The molecule has 0 radical (unpaired) electrons. The van der Waals surface area contributed by atoms with Gasteiger partial charge in [-0.2, -0.15) is 0 Å². The van der Waals surface area contributed by atoms with E-state index in [2.05, 4.69) is 35.9 Å². The molecule has 2 heteroatoms. The zero-order valence-electron chi connectivity index (χ0n) is 11.7. The Kier molecular flexibility index (Phi) is 3.46. The monoisotopic (exact) mass is 320 g/mol. The maximum atomic E-state index is 5.85. The Morgan fingerprint density at radius 3 is 2.89 bits per heavy atom. The van der Waals surface area contributed by atoms with Crippen molar-refractivity contribution in [2.45, 2.75) is 33.1 Å². The molecule has 19 heavy (non-hydrogen) atoms. The van der Waals surface area contributed by atoms with Gasteiger partial charge in [0.25, 0.3) is 0 Å². The lowest BCUT2D eigenvalue weighted by molar-refractivity contribution is -0.00917. The van der Waals surface area contributed by atoms with Crippen molar-refractivity contribution in [2.24, 2.45) is 17.3 Å². The minimum atomic E-state index is 0.528. The molecule has 0 aliphatic heterocycles. The summed E-state index contributed by atoms with van der Waals surface area (Å²) in [6.07, 6.45) is 6.22. The van der Waals surface area contributed by atoms with E-state index in [1.807, 2.05) is 24.3 Å². The van der Waals surface area contributed by atoms with E-state index in [0.717, 1.165) is 35.1 Å². The van der Waals surface area contributed by atoms with Gasteiger partial charge in [-0.3, -0.25) is 0 Å². The Morgan fingerprint density at radius 2 is 2.21 bits per heavy atom. The van der Waals surface area contributed by atoms with Crippen LogP contribution in [-0.2, 0) is 0 Å². The first-order valence-corrected chi connectivity index (χ1v) is 7.94. The molecule has 0 saturated heterocycles. The van der Waals surface area contributed by atoms with Crippen LogP contribution in [0.4, 0.5) is 0 Å². The molecule has 4 rings (SSSR count). The number of halogens is 1. The predicted molar refractivity (Wildman–Crippen MR) is 82.3 cm³/mol. The number of hydrogen-bond donors (Lipinski definition) is 0. The molecular weight excluding hydrogens is 300 g/mol. The molecule has 1 nitrogen and oxygen atoms in total. The largest absolute Gasteiger partial charge is 0.493 e. The van der Waals surface area contributed by atoms with Crippen molar-refractivity contribution < 1.29 is 4.74 Å². The second-order valence-corrected chi connectivity index (χ2v) is 7.29. The van der Waals surface area contributed by atoms with Gasteiger partial charge in [0.1, 0.15) is 5.75 Å². The minimum absolute atomic E-state index is 0.528. The third kappa shape index (κ3) is 2.47. The molecule has 0 heterocycles. The topological polar surface area (TPSA) is 9.23 Å². The number of allylic oxidation sites excluding steroid dienone is 1. The summed E-state index contributed by atoms with van der Waals surface area (Å²) in [5, 5.41) is 0. The summed E-state index contributed by atoms with van der Waals surface area (Å²) in [6.45, 7) is 5.64. The van der Waals surface area contributed by atoms with Gasteiger partial charge in [0.2, 0.25) is 0 Å². The third-order valence-electron chi connectivity index (χ3n) is 5.04. The first-order valence-electron chi connectivity index (χ1n) is 7.14. The normalized spacial score (nSPS) is 27.4. The van der Waals surface area contributed by atoms with Crippen LogP contribution in [0.25, 0.3) is 0 Å². The summed E-state index contributed by atoms with van der Waals surface area (Å²) in [6, 6.07) is 8.08. The second kappa shape index (κ2) is 4.97. The van der Waals surface area contributed by atoms with Gasteiger partial charge in [-0.25, -0.2) is 0 Å². The lowest BCUT2D eigenvalue weighted by atomic mass is 9.48. The molecule has 102 valence electrons. The highest BCUT2D eigenvalue weighted by atomic mass is 79.9. The molecule has 3 aliphatic carbocycles. The van der Waals surface area contributed by atoms with Crippen molar-refractivity contribution in [3.8, 4) is 5.75 Å². The SMILES string of the molecule is CC1(C)C2CC=C(CCOc3cccc(Br)c3)C1C2. The van der Waals surface area contributed by atoms with Crippen LogP contribution < -0.4 is 4.74 Å². The molecule has 3 aliphatic rings. The van der Waals surface area contributed by atoms with Gasteiger partial charge in [0, 0.05) is 10.9 Å². The molecule has 1 aromatic rings. The zero-order chi connectivity index (χ0) is 13.5. The molecule has 2 unspecified atom stereocenters. The van der Waals surface area contributed by atoms with Crippen molar-refractivity contribution >= 4 is 15.9 Å². The first kappa shape index (κ1) is 13.2. The second-order valence-electron chi connectivity index (χ2n) is 6.38. The lowest BCUT2D eigenvalue weighted by Crippen LogP contribution is -2.48. The molecule has 0 amide bonds. The molecule has 0 aromatic heterocycles. The average molecular weight is 321 g/mol. The van der Waals surface area contributed by atoms with E-state index in [-0.39, 0.29) is 0 Å². The number of rotatable bonds is 4. The smallest absolute Gasteiger partial charge is 0.120 e. The first-order chi connectivity index (χ1) is 9.07. The van der Waals surface area contributed by atoms with Gasteiger partial charge < -0.3 is 4.74 Å². The van der Waals surface area contributed by atoms with E-state index in [4.69, 9.17) is 4.74 Å². The Morgan fingerprint density at radius 1 is 1.37 bits per heavy atom. The maximum absolute atomic E-state index is 5.85. The molecule has 1 saturated carbocycles. The number of benzene rings is 1. The number of fused-ring (bicyclic) bond motifs is 1. The van der Waals surface area contributed by atoms with Gasteiger partial charge in [0.05, 0.1) is 6.61 Å². The highest BCUT2D eigenvalue weighted by Gasteiger charge is 2.50. The van der Waals surface area contributed by atoms with Crippen LogP contribution in [0.3, 0.4) is 0 Å². The lowest BCUT2D eigenvalue weighted by Gasteiger charge is -2.56. The molecule has 2 atom stereocenters. The van der Waals surface area contributed by atoms with Crippen LogP contribution >= 0.6 is 15.9 Å². The average Bonchev–Trinajstić information content (AvgIpc) is 2.39. The predicted octanol–water partition coefficient (Wildman–Crippen LogP) is 5.21. The standard InChI is InChI=1S/C17H21BrO/c1-17(2)13-7-6-12(16(17)10-13)8-9-19-15-5-3-4-14(18)11-15/h3-6,11,13,16H,7-10H2,1-2H3. The summed E-state index contributed by atoms with van der Waals surface area (Å²) in [7, 11) is 0. The van der Waals surface area contributed by atoms with Gasteiger partial charge in [-0.1, -0.05) is 47.5 Å². The summed E-state index contributed by atoms with van der Waals surface area (Å²) < 4.78 is 6.93. The maximum Gasteiger partial charge on any atom is 0.120 e. The van der Waals surface area contributed by atoms with Crippen molar-refractivity contribution in [2.75, 3.05) is 6.61 Å². The van der Waals surface area contributed by atoms with E-state index in [0.29, 0.717) is 5.41 Å². The van der Waals surface area contributed by atoms with Gasteiger partial charge in [0.15, 0.2) is 0 Å². The van der Waals surface area contributed by atoms with Crippen LogP contribution in [0.5, 0.6) is 5.75 Å². The third-order valence-corrected chi connectivity index (χ3v) is 5.53. The number of hydrogen-bond acceptors (Lipinski definition) is 1. The molecule has 1 aromatic carbocycles. The molecule has 0 spiro atoms. The minimum Gasteiger partial charge on any atom is -0.493 e. The molecule has 1 fully saturated rings. The van der Waals surface area contributed by atoms with E-state index >= 15 is 0 Å². The van der Waals surface area contributed by atoms with Crippen LogP contribution in [0.1, 0.15) is 33.1 Å². The van der Waals surface area contributed by atoms with Crippen molar-refractivity contribution in [1.82, 2.24) is 0 Å². The molecule has 2 bridgehead atoms. The fraction of sp³-hybridized carbons (Fsp3) is 0.529. The molecular formula is C17H21BrO. The Bertz CT molecular complexity index is 504. The Balaban J connectivity index is 1.55. The van der Waals surface area contributed by atoms with Crippen molar-refractivity contribution in [1.29, 1.82) is 0 Å². The van der Waals surface area contributed by atoms with Crippen molar-refractivity contribution in [3.05, 3.63) is 40.4 Å². The van der Waals surface area contributed by atoms with E-state index in [1.165, 1.54) is 12.8 Å². The van der Waals surface area contributed by atoms with Crippen LogP contribution in [0.15, 0.2) is 40.4 Å². The van der Waals surface area contributed by atoms with Crippen molar-refractivity contribution in [3.63, 3.8) is 0 Å². The fourth-order valence-corrected chi connectivity index (χ4v) is 3.98. The van der Waals surface area contributed by atoms with Crippen LogP contribution in [-0.4, -0.2) is 6.61 Å². The summed E-state index contributed by atoms with van der Waals surface area (Å²) in [5.41, 5.74) is 2.15. The van der Waals surface area contributed by atoms with E-state index in [1.54, 1.807) is 5.57 Å². The molecule has 0 N–H and O–H groups in total. The highest BCUT2D eigenvalue weighted by Crippen LogP contribution is 2.59.